The smallest absolute Gasteiger partial charge is 0.0451 e. The van der Waals surface area contributed by atoms with Gasteiger partial charge in [-0.05, 0) is 31.0 Å². The average Bonchev–Trinajstić information content (AvgIpc) is 2.41. The van der Waals surface area contributed by atoms with Gasteiger partial charge in [0, 0.05) is 37.2 Å². The van der Waals surface area contributed by atoms with Gasteiger partial charge in [0.1, 0.15) is 0 Å². The fraction of sp³-hybridized carbons (Fsp3) is 0.600. The van der Waals surface area contributed by atoms with Crippen molar-refractivity contribution in [3.05, 3.63) is 34.9 Å². The summed E-state index contributed by atoms with van der Waals surface area (Å²) < 4.78 is 0. The Morgan fingerprint density at radius 3 is 2.89 bits per heavy atom. The minimum absolute atomic E-state index is 0.787. The highest BCUT2D eigenvalue weighted by molar-refractivity contribution is 6.31. The van der Waals surface area contributed by atoms with E-state index >= 15 is 0 Å². The van der Waals surface area contributed by atoms with E-state index in [1.54, 1.807) is 0 Å². The molecular weight excluding hydrogens is 244 g/mol. The standard InChI is InChI=1S/C15H21ClN2/c16-15-7-2-1-5-13(15)11-17-9-10-18-8-4-3-6-14(18)12-17/h1-2,5,7,14H,3-4,6,8-12H2. The van der Waals surface area contributed by atoms with Crippen LogP contribution >= 0.6 is 11.6 Å². The Hall–Kier alpha value is -0.570. The van der Waals surface area contributed by atoms with Crippen LogP contribution in [0.2, 0.25) is 5.02 Å². The first kappa shape index (κ1) is 12.5. The molecule has 1 aromatic rings. The number of nitrogens with zero attached hydrogens (tertiary/aromatic N) is 2. The van der Waals surface area contributed by atoms with E-state index in [0.717, 1.165) is 17.6 Å². The molecule has 98 valence electrons. The van der Waals surface area contributed by atoms with Gasteiger partial charge in [0.15, 0.2) is 0 Å². The number of piperidine rings is 1. The van der Waals surface area contributed by atoms with Crippen LogP contribution in [0, 0.1) is 0 Å². The molecule has 1 atom stereocenters. The second kappa shape index (κ2) is 5.60. The van der Waals surface area contributed by atoms with Crippen molar-refractivity contribution in [2.75, 3.05) is 26.2 Å². The van der Waals surface area contributed by atoms with Gasteiger partial charge < -0.3 is 0 Å². The van der Waals surface area contributed by atoms with Gasteiger partial charge in [0.2, 0.25) is 0 Å². The molecule has 2 saturated heterocycles. The van der Waals surface area contributed by atoms with E-state index in [1.807, 2.05) is 12.1 Å². The van der Waals surface area contributed by atoms with Crippen molar-refractivity contribution in [2.45, 2.75) is 31.8 Å². The van der Waals surface area contributed by atoms with E-state index < -0.39 is 0 Å². The fourth-order valence-electron chi connectivity index (χ4n) is 3.23. The number of halogens is 1. The van der Waals surface area contributed by atoms with Crippen molar-refractivity contribution in [3.63, 3.8) is 0 Å². The van der Waals surface area contributed by atoms with E-state index in [9.17, 15) is 0 Å². The second-order valence-electron chi connectivity index (χ2n) is 5.51. The van der Waals surface area contributed by atoms with Crippen LogP contribution in [-0.4, -0.2) is 42.0 Å². The topological polar surface area (TPSA) is 6.48 Å². The van der Waals surface area contributed by atoms with Crippen molar-refractivity contribution >= 4 is 11.6 Å². The lowest BCUT2D eigenvalue weighted by Crippen LogP contribution is -2.54. The third-order valence-electron chi connectivity index (χ3n) is 4.27. The molecule has 0 aromatic heterocycles. The van der Waals surface area contributed by atoms with E-state index in [-0.39, 0.29) is 0 Å². The molecule has 1 unspecified atom stereocenters. The maximum Gasteiger partial charge on any atom is 0.0451 e. The molecule has 0 aliphatic carbocycles. The minimum atomic E-state index is 0.787. The highest BCUT2D eigenvalue weighted by Crippen LogP contribution is 2.23. The zero-order chi connectivity index (χ0) is 12.4. The molecule has 0 radical (unpaired) electrons. The lowest BCUT2D eigenvalue weighted by molar-refractivity contribution is 0.0457. The molecule has 3 heteroatoms. The lowest BCUT2D eigenvalue weighted by atomic mass is 9.99. The van der Waals surface area contributed by atoms with Crippen LogP contribution < -0.4 is 0 Å². The summed E-state index contributed by atoms with van der Waals surface area (Å²) in [6.07, 6.45) is 4.17. The second-order valence-corrected chi connectivity index (χ2v) is 5.92. The maximum absolute atomic E-state index is 6.24. The number of hydrogen-bond donors (Lipinski definition) is 0. The van der Waals surface area contributed by atoms with Crippen LogP contribution in [0.4, 0.5) is 0 Å². The highest BCUT2D eigenvalue weighted by Gasteiger charge is 2.28. The molecule has 18 heavy (non-hydrogen) atoms. The van der Waals surface area contributed by atoms with E-state index in [2.05, 4.69) is 21.9 Å². The zero-order valence-corrected chi connectivity index (χ0v) is 11.6. The third-order valence-corrected chi connectivity index (χ3v) is 4.64. The van der Waals surface area contributed by atoms with Gasteiger partial charge in [-0.2, -0.15) is 0 Å². The molecule has 0 saturated carbocycles. The van der Waals surface area contributed by atoms with Gasteiger partial charge >= 0.3 is 0 Å². The summed E-state index contributed by atoms with van der Waals surface area (Å²) >= 11 is 6.24. The number of hydrogen-bond acceptors (Lipinski definition) is 2. The van der Waals surface area contributed by atoms with Gasteiger partial charge in [0.05, 0.1) is 0 Å². The molecule has 0 spiro atoms. The highest BCUT2D eigenvalue weighted by atomic mass is 35.5. The predicted molar refractivity (Wildman–Crippen MR) is 75.9 cm³/mol. The Balaban J connectivity index is 1.63. The van der Waals surface area contributed by atoms with Crippen molar-refractivity contribution in [1.29, 1.82) is 0 Å². The molecule has 0 bridgehead atoms. The lowest BCUT2D eigenvalue weighted by Gasteiger charge is -2.44. The molecular formula is C15H21ClN2. The summed E-state index contributed by atoms with van der Waals surface area (Å²) in [5, 5.41) is 0.906. The van der Waals surface area contributed by atoms with Crippen molar-refractivity contribution < 1.29 is 0 Å². The number of fused-ring (bicyclic) bond motifs is 1. The normalized spacial score (nSPS) is 25.9. The average molecular weight is 265 g/mol. The zero-order valence-electron chi connectivity index (χ0n) is 10.8. The van der Waals surface area contributed by atoms with Crippen LogP contribution in [0.25, 0.3) is 0 Å². The first-order chi connectivity index (χ1) is 8.83. The van der Waals surface area contributed by atoms with Crippen molar-refractivity contribution in [1.82, 2.24) is 9.80 Å². The Morgan fingerprint density at radius 2 is 2.00 bits per heavy atom. The van der Waals surface area contributed by atoms with Crippen LogP contribution in [0.3, 0.4) is 0 Å². The Morgan fingerprint density at radius 1 is 1.11 bits per heavy atom. The predicted octanol–water partition coefficient (Wildman–Crippen LogP) is 3.01. The maximum atomic E-state index is 6.24. The molecule has 2 fully saturated rings. The van der Waals surface area contributed by atoms with Crippen LogP contribution in [0.5, 0.6) is 0 Å². The summed E-state index contributed by atoms with van der Waals surface area (Å²) in [7, 11) is 0. The van der Waals surface area contributed by atoms with Crippen LogP contribution in [-0.2, 0) is 6.54 Å². The monoisotopic (exact) mass is 264 g/mol. The molecule has 0 amide bonds. The minimum Gasteiger partial charge on any atom is -0.298 e. The number of piperazine rings is 1. The summed E-state index contributed by atoms with van der Waals surface area (Å²) in [6, 6.07) is 9.02. The first-order valence-corrected chi connectivity index (χ1v) is 7.40. The SMILES string of the molecule is Clc1ccccc1CN1CCN2CCCCC2C1. The summed E-state index contributed by atoms with van der Waals surface area (Å²) in [5.41, 5.74) is 1.27. The van der Waals surface area contributed by atoms with Crippen molar-refractivity contribution in [2.24, 2.45) is 0 Å². The Bertz CT molecular complexity index is 407. The Kier molecular flexibility index (Phi) is 3.88. The van der Waals surface area contributed by atoms with Gasteiger partial charge in [-0.25, -0.2) is 0 Å². The summed E-state index contributed by atoms with van der Waals surface area (Å²) in [5.74, 6) is 0. The number of rotatable bonds is 2. The molecule has 3 rings (SSSR count). The summed E-state index contributed by atoms with van der Waals surface area (Å²) in [4.78, 5) is 5.24. The van der Waals surface area contributed by atoms with Crippen LogP contribution in [0.15, 0.2) is 24.3 Å². The fourth-order valence-corrected chi connectivity index (χ4v) is 3.43. The van der Waals surface area contributed by atoms with E-state index in [1.165, 1.54) is 51.0 Å². The Labute approximate surface area is 115 Å². The van der Waals surface area contributed by atoms with Gasteiger partial charge in [0.25, 0.3) is 0 Å². The third kappa shape index (κ3) is 2.71. The molecule has 1 aromatic carbocycles. The quantitative estimate of drug-likeness (QED) is 0.810. The van der Waals surface area contributed by atoms with Gasteiger partial charge in [-0.1, -0.05) is 36.2 Å². The molecule has 2 nitrogen and oxygen atoms in total. The largest absolute Gasteiger partial charge is 0.298 e. The van der Waals surface area contributed by atoms with E-state index in [0.29, 0.717) is 0 Å². The molecule has 2 heterocycles. The van der Waals surface area contributed by atoms with E-state index in [4.69, 9.17) is 11.6 Å². The molecule has 0 N–H and O–H groups in total. The molecule has 2 aliphatic rings. The first-order valence-electron chi connectivity index (χ1n) is 7.03. The van der Waals surface area contributed by atoms with Gasteiger partial charge in [-0.15, -0.1) is 0 Å². The van der Waals surface area contributed by atoms with Crippen molar-refractivity contribution in [3.8, 4) is 0 Å². The summed E-state index contributed by atoms with van der Waals surface area (Å²) in [6.45, 7) is 5.94. The number of benzene rings is 1. The van der Waals surface area contributed by atoms with Gasteiger partial charge in [-0.3, -0.25) is 9.80 Å². The molecule has 2 aliphatic heterocycles. The van der Waals surface area contributed by atoms with Crippen LogP contribution in [0.1, 0.15) is 24.8 Å².